The van der Waals surface area contributed by atoms with Crippen LogP contribution in [-0.4, -0.2) is 11.4 Å². The van der Waals surface area contributed by atoms with E-state index in [9.17, 15) is 0 Å². The third-order valence-electron chi connectivity index (χ3n) is 4.22. The van der Waals surface area contributed by atoms with Crippen molar-refractivity contribution in [3.63, 3.8) is 0 Å². The summed E-state index contributed by atoms with van der Waals surface area (Å²) in [6.45, 7) is 1.60. The Labute approximate surface area is 136 Å². The van der Waals surface area contributed by atoms with E-state index in [1.54, 1.807) is 6.26 Å². The van der Waals surface area contributed by atoms with Crippen LogP contribution in [0, 0.1) is 0 Å². The van der Waals surface area contributed by atoms with E-state index < -0.39 is 0 Å². The van der Waals surface area contributed by atoms with Gasteiger partial charge < -0.3 is 9.15 Å². The van der Waals surface area contributed by atoms with Crippen molar-refractivity contribution in [2.24, 2.45) is 0 Å². The fourth-order valence-electron chi connectivity index (χ4n) is 3.10. The molecule has 3 heteroatoms. The second-order valence-electron chi connectivity index (χ2n) is 5.81. The molecule has 4 rings (SSSR count). The third kappa shape index (κ3) is 3.07. The van der Waals surface area contributed by atoms with Crippen molar-refractivity contribution in [2.75, 3.05) is 6.54 Å². The molecule has 3 aromatic rings. The SMILES string of the molecule is c1ccc([C@@H]2CN(Cc3ccco3)[C@@H](c3ccccc3)O2)cc1. The summed E-state index contributed by atoms with van der Waals surface area (Å²) >= 11 is 0. The van der Waals surface area contributed by atoms with Gasteiger partial charge >= 0.3 is 0 Å². The molecule has 1 aliphatic heterocycles. The van der Waals surface area contributed by atoms with E-state index in [4.69, 9.17) is 9.15 Å². The highest BCUT2D eigenvalue weighted by molar-refractivity contribution is 5.22. The lowest BCUT2D eigenvalue weighted by Crippen LogP contribution is -2.23. The third-order valence-corrected chi connectivity index (χ3v) is 4.22. The van der Waals surface area contributed by atoms with Crippen LogP contribution in [0.2, 0.25) is 0 Å². The maximum absolute atomic E-state index is 6.38. The van der Waals surface area contributed by atoms with Gasteiger partial charge in [-0.1, -0.05) is 60.7 Å². The second kappa shape index (κ2) is 6.41. The molecule has 0 aliphatic carbocycles. The van der Waals surface area contributed by atoms with Gasteiger partial charge in [-0.15, -0.1) is 0 Å². The van der Waals surface area contributed by atoms with Crippen LogP contribution < -0.4 is 0 Å². The first-order valence-electron chi connectivity index (χ1n) is 7.92. The fraction of sp³-hybridized carbons (Fsp3) is 0.200. The minimum atomic E-state index is -0.0495. The summed E-state index contributed by atoms with van der Waals surface area (Å²) in [6, 6.07) is 24.7. The van der Waals surface area contributed by atoms with Crippen LogP contribution in [0.3, 0.4) is 0 Å². The topological polar surface area (TPSA) is 25.6 Å². The Balaban J connectivity index is 1.61. The first-order valence-corrected chi connectivity index (χ1v) is 7.92. The van der Waals surface area contributed by atoms with Gasteiger partial charge in [0.15, 0.2) is 0 Å². The van der Waals surface area contributed by atoms with Crippen molar-refractivity contribution in [2.45, 2.75) is 18.9 Å². The van der Waals surface area contributed by atoms with Crippen molar-refractivity contribution < 1.29 is 9.15 Å². The minimum absolute atomic E-state index is 0.0495. The molecule has 23 heavy (non-hydrogen) atoms. The molecule has 3 nitrogen and oxygen atoms in total. The molecular weight excluding hydrogens is 286 g/mol. The maximum Gasteiger partial charge on any atom is 0.138 e. The van der Waals surface area contributed by atoms with Gasteiger partial charge in [0.1, 0.15) is 12.0 Å². The highest BCUT2D eigenvalue weighted by Gasteiger charge is 2.35. The molecule has 1 aromatic heterocycles. The lowest BCUT2D eigenvalue weighted by molar-refractivity contribution is -0.00681. The van der Waals surface area contributed by atoms with Crippen LogP contribution in [-0.2, 0) is 11.3 Å². The molecule has 0 bridgehead atoms. The van der Waals surface area contributed by atoms with Crippen molar-refractivity contribution in [1.29, 1.82) is 0 Å². The first kappa shape index (κ1) is 14.2. The summed E-state index contributed by atoms with van der Waals surface area (Å²) in [5.41, 5.74) is 2.40. The minimum Gasteiger partial charge on any atom is -0.468 e. The zero-order chi connectivity index (χ0) is 15.5. The van der Waals surface area contributed by atoms with Crippen molar-refractivity contribution in [1.82, 2.24) is 4.90 Å². The molecule has 1 fully saturated rings. The van der Waals surface area contributed by atoms with Crippen molar-refractivity contribution in [3.8, 4) is 0 Å². The molecule has 0 N–H and O–H groups in total. The van der Waals surface area contributed by atoms with Gasteiger partial charge in [0.25, 0.3) is 0 Å². The zero-order valence-corrected chi connectivity index (χ0v) is 12.8. The lowest BCUT2D eigenvalue weighted by Gasteiger charge is -2.21. The van der Waals surface area contributed by atoms with Crippen LogP contribution in [0.15, 0.2) is 83.5 Å². The lowest BCUT2D eigenvalue weighted by atomic mass is 10.1. The van der Waals surface area contributed by atoms with E-state index in [1.165, 1.54) is 11.1 Å². The van der Waals surface area contributed by atoms with Gasteiger partial charge in [0, 0.05) is 6.54 Å². The largest absolute Gasteiger partial charge is 0.468 e. The Morgan fingerprint density at radius 3 is 2.17 bits per heavy atom. The Morgan fingerprint density at radius 2 is 1.52 bits per heavy atom. The van der Waals surface area contributed by atoms with Crippen LogP contribution in [0.5, 0.6) is 0 Å². The zero-order valence-electron chi connectivity index (χ0n) is 12.8. The number of rotatable bonds is 4. The summed E-state index contributed by atoms with van der Waals surface area (Å²) in [5.74, 6) is 0.961. The predicted octanol–water partition coefficient (Wildman–Crippen LogP) is 4.55. The van der Waals surface area contributed by atoms with E-state index in [2.05, 4.69) is 53.4 Å². The molecule has 116 valence electrons. The van der Waals surface area contributed by atoms with E-state index in [0.717, 1.165) is 18.8 Å². The van der Waals surface area contributed by atoms with Crippen LogP contribution in [0.25, 0.3) is 0 Å². The molecule has 0 unspecified atom stereocenters. The van der Waals surface area contributed by atoms with Gasteiger partial charge in [0.05, 0.1) is 18.9 Å². The summed E-state index contributed by atoms with van der Waals surface area (Å²) in [7, 11) is 0. The molecule has 0 spiro atoms. The van der Waals surface area contributed by atoms with Crippen LogP contribution in [0.1, 0.15) is 29.2 Å². The number of ether oxygens (including phenoxy) is 1. The van der Waals surface area contributed by atoms with Gasteiger partial charge in [-0.25, -0.2) is 0 Å². The molecular formula is C20H19NO2. The number of hydrogen-bond acceptors (Lipinski definition) is 3. The summed E-state index contributed by atoms with van der Waals surface area (Å²) in [4.78, 5) is 2.33. The molecule has 0 amide bonds. The highest BCUT2D eigenvalue weighted by atomic mass is 16.5. The average Bonchev–Trinajstić information content (AvgIpc) is 3.27. The van der Waals surface area contributed by atoms with Gasteiger partial charge in [-0.3, -0.25) is 4.90 Å². The number of furan rings is 1. The standard InChI is InChI=1S/C20H19NO2/c1-3-8-16(9-4-1)19-15-21(14-18-12-7-13-22-18)20(23-19)17-10-5-2-6-11-17/h1-13,19-20H,14-15H2/t19-,20+/m0/s1. The smallest absolute Gasteiger partial charge is 0.138 e. The Bertz CT molecular complexity index is 725. The van der Waals surface area contributed by atoms with Gasteiger partial charge in [0.2, 0.25) is 0 Å². The van der Waals surface area contributed by atoms with Gasteiger partial charge in [-0.2, -0.15) is 0 Å². The molecule has 0 saturated carbocycles. The first-order chi connectivity index (χ1) is 11.4. The quantitative estimate of drug-likeness (QED) is 0.707. The molecule has 1 aliphatic rings. The van der Waals surface area contributed by atoms with E-state index in [0.29, 0.717) is 0 Å². The Hall–Kier alpha value is -2.36. The van der Waals surface area contributed by atoms with E-state index >= 15 is 0 Å². The molecule has 2 atom stereocenters. The van der Waals surface area contributed by atoms with Crippen LogP contribution in [0.4, 0.5) is 0 Å². The van der Waals surface area contributed by atoms with E-state index in [1.807, 2.05) is 24.3 Å². The number of benzene rings is 2. The summed E-state index contributed by atoms with van der Waals surface area (Å²) in [6.07, 6.45) is 1.75. The fourth-order valence-corrected chi connectivity index (χ4v) is 3.10. The second-order valence-corrected chi connectivity index (χ2v) is 5.81. The predicted molar refractivity (Wildman–Crippen MR) is 88.6 cm³/mol. The highest BCUT2D eigenvalue weighted by Crippen LogP contribution is 2.38. The van der Waals surface area contributed by atoms with Crippen molar-refractivity contribution in [3.05, 3.63) is 95.9 Å². The number of hydrogen-bond donors (Lipinski definition) is 0. The monoisotopic (exact) mass is 305 g/mol. The van der Waals surface area contributed by atoms with Gasteiger partial charge in [-0.05, 0) is 23.3 Å². The molecule has 1 saturated heterocycles. The summed E-state index contributed by atoms with van der Waals surface area (Å²) < 4.78 is 11.9. The Morgan fingerprint density at radius 1 is 0.826 bits per heavy atom. The Kier molecular flexibility index (Phi) is 3.97. The summed E-state index contributed by atoms with van der Waals surface area (Å²) in [5, 5.41) is 0. The van der Waals surface area contributed by atoms with E-state index in [-0.39, 0.29) is 12.3 Å². The molecule has 2 heterocycles. The molecule has 0 radical (unpaired) electrons. The average molecular weight is 305 g/mol. The molecule has 2 aromatic carbocycles. The maximum atomic E-state index is 6.38. The number of nitrogens with zero attached hydrogens (tertiary/aromatic N) is 1. The normalized spacial score (nSPS) is 21.6. The van der Waals surface area contributed by atoms with Crippen molar-refractivity contribution >= 4 is 0 Å². The van der Waals surface area contributed by atoms with Crippen LogP contribution >= 0.6 is 0 Å².